The van der Waals surface area contributed by atoms with Crippen molar-refractivity contribution >= 4 is 6.09 Å². The molecule has 0 aromatic rings. The zero-order chi connectivity index (χ0) is 11.1. The monoisotopic (exact) mass is 212 g/mol. The van der Waals surface area contributed by atoms with Crippen molar-refractivity contribution in [3.05, 3.63) is 0 Å². The van der Waals surface area contributed by atoms with E-state index in [1.165, 1.54) is 7.11 Å². The molecule has 0 aromatic carbocycles. The molecule has 0 radical (unpaired) electrons. The van der Waals surface area contributed by atoms with Crippen LogP contribution < -0.4 is 5.32 Å². The van der Waals surface area contributed by atoms with Crippen LogP contribution in [0.3, 0.4) is 0 Å². The Balaban J connectivity index is 2.24. The Kier molecular flexibility index (Phi) is 4.95. The van der Waals surface area contributed by atoms with Crippen molar-refractivity contribution in [3.8, 4) is 12.3 Å². The lowest BCUT2D eigenvalue weighted by atomic mass is 10.2. The number of rotatable bonds is 3. The number of nitrogens with one attached hydrogen (secondary N) is 1. The SMILES string of the molecule is C#CCN1CCO[C@H](CNC(=O)OC)C1. The van der Waals surface area contributed by atoms with Crippen LogP contribution in [-0.2, 0) is 9.47 Å². The van der Waals surface area contributed by atoms with E-state index in [1.54, 1.807) is 0 Å². The molecule has 0 saturated carbocycles. The summed E-state index contributed by atoms with van der Waals surface area (Å²) in [6, 6.07) is 0. The fourth-order valence-electron chi connectivity index (χ4n) is 1.45. The van der Waals surface area contributed by atoms with Gasteiger partial charge >= 0.3 is 6.09 Å². The normalized spacial score (nSPS) is 21.7. The highest BCUT2D eigenvalue weighted by Gasteiger charge is 2.20. The first-order valence-corrected chi connectivity index (χ1v) is 4.85. The number of nitrogens with zero attached hydrogens (tertiary/aromatic N) is 1. The van der Waals surface area contributed by atoms with E-state index in [-0.39, 0.29) is 6.10 Å². The number of carbonyl (C=O) groups is 1. The molecule has 1 saturated heterocycles. The van der Waals surface area contributed by atoms with Gasteiger partial charge in [0, 0.05) is 19.6 Å². The third-order valence-corrected chi connectivity index (χ3v) is 2.20. The molecule has 0 spiro atoms. The van der Waals surface area contributed by atoms with Crippen LogP contribution in [0.4, 0.5) is 4.79 Å². The predicted octanol–water partition coefficient (Wildman–Crippen LogP) is -0.324. The number of alkyl carbamates (subject to hydrolysis) is 1. The van der Waals surface area contributed by atoms with Gasteiger partial charge in [-0.15, -0.1) is 6.42 Å². The fraction of sp³-hybridized carbons (Fsp3) is 0.700. The highest BCUT2D eigenvalue weighted by molar-refractivity contribution is 5.66. The molecule has 1 atom stereocenters. The lowest BCUT2D eigenvalue weighted by Gasteiger charge is -2.31. The van der Waals surface area contributed by atoms with E-state index >= 15 is 0 Å². The molecule has 0 aliphatic carbocycles. The Morgan fingerprint density at radius 2 is 2.60 bits per heavy atom. The van der Waals surface area contributed by atoms with Gasteiger partial charge in [0.1, 0.15) is 0 Å². The van der Waals surface area contributed by atoms with E-state index in [1.807, 2.05) is 0 Å². The number of hydrogen-bond donors (Lipinski definition) is 1. The molecule has 5 nitrogen and oxygen atoms in total. The molecule has 1 N–H and O–H groups in total. The highest BCUT2D eigenvalue weighted by Crippen LogP contribution is 2.03. The van der Waals surface area contributed by atoms with Crippen molar-refractivity contribution in [2.45, 2.75) is 6.10 Å². The Labute approximate surface area is 89.7 Å². The predicted molar refractivity (Wildman–Crippen MR) is 55.4 cm³/mol. The first-order chi connectivity index (χ1) is 7.26. The van der Waals surface area contributed by atoms with E-state index in [2.05, 4.69) is 20.9 Å². The molecule has 84 valence electrons. The van der Waals surface area contributed by atoms with E-state index < -0.39 is 6.09 Å². The maximum absolute atomic E-state index is 10.8. The first-order valence-electron chi connectivity index (χ1n) is 4.85. The number of morpholine rings is 1. The summed E-state index contributed by atoms with van der Waals surface area (Å²) in [5.74, 6) is 2.59. The molecule has 1 heterocycles. The molecular weight excluding hydrogens is 196 g/mol. The maximum Gasteiger partial charge on any atom is 0.406 e. The molecule has 0 unspecified atom stereocenters. The number of carbonyl (C=O) groups excluding carboxylic acids is 1. The number of terminal acetylenes is 1. The molecule has 1 aliphatic rings. The number of hydrogen-bond acceptors (Lipinski definition) is 4. The molecule has 5 heteroatoms. The largest absolute Gasteiger partial charge is 0.453 e. The lowest BCUT2D eigenvalue weighted by Crippen LogP contribution is -2.47. The van der Waals surface area contributed by atoms with Crippen molar-refractivity contribution in [2.75, 3.05) is 39.9 Å². The summed E-state index contributed by atoms with van der Waals surface area (Å²) in [4.78, 5) is 12.9. The maximum atomic E-state index is 10.8. The van der Waals surface area contributed by atoms with E-state index in [0.29, 0.717) is 19.7 Å². The summed E-state index contributed by atoms with van der Waals surface area (Å²) < 4.78 is 9.93. The molecule has 0 bridgehead atoms. The summed E-state index contributed by atoms with van der Waals surface area (Å²) in [6.45, 7) is 3.31. The van der Waals surface area contributed by atoms with Gasteiger partial charge in [-0.25, -0.2) is 4.79 Å². The second-order valence-corrected chi connectivity index (χ2v) is 3.30. The molecule has 0 aromatic heterocycles. The van der Waals surface area contributed by atoms with Gasteiger partial charge in [-0.2, -0.15) is 0 Å². The third-order valence-electron chi connectivity index (χ3n) is 2.20. The van der Waals surface area contributed by atoms with Crippen molar-refractivity contribution < 1.29 is 14.3 Å². The van der Waals surface area contributed by atoms with Crippen LogP contribution in [0.25, 0.3) is 0 Å². The van der Waals surface area contributed by atoms with Crippen LogP contribution in [0.5, 0.6) is 0 Å². The summed E-state index contributed by atoms with van der Waals surface area (Å²) in [5, 5.41) is 2.60. The third kappa shape index (κ3) is 4.19. The minimum absolute atomic E-state index is 0.00815. The standard InChI is InChI=1S/C10H16N2O3/c1-3-4-12-5-6-15-9(8-12)7-11-10(13)14-2/h1,9H,4-8H2,2H3,(H,11,13)/t9-/m1/s1. The second-order valence-electron chi connectivity index (χ2n) is 3.30. The average molecular weight is 212 g/mol. The zero-order valence-electron chi connectivity index (χ0n) is 8.86. The summed E-state index contributed by atoms with van der Waals surface area (Å²) >= 11 is 0. The fourth-order valence-corrected chi connectivity index (χ4v) is 1.45. The molecule has 1 rings (SSSR count). The van der Waals surface area contributed by atoms with Gasteiger partial charge in [0.25, 0.3) is 0 Å². The van der Waals surface area contributed by atoms with Crippen molar-refractivity contribution in [3.63, 3.8) is 0 Å². The Morgan fingerprint density at radius 3 is 3.27 bits per heavy atom. The van der Waals surface area contributed by atoms with Gasteiger partial charge in [-0.05, 0) is 0 Å². The topological polar surface area (TPSA) is 50.8 Å². The number of methoxy groups -OCH3 is 1. The number of ether oxygens (including phenoxy) is 2. The molecule has 1 amide bonds. The van der Waals surface area contributed by atoms with Crippen LogP contribution in [0, 0.1) is 12.3 Å². The van der Waals surface area contributed by atoms with Crippen LogP contribution in [0.2, 0.25) is 0 Å². The molecule has 1 aliphatic heterocycles. The van der Waals surface area contributed by atoms with Crippen LogP contribution in [0.15, 0.2) is 0 Å². The van der Waals surface area contributed by atoms with Crippen molar-refractivity contribution in [1.82, 2.24) is 10.2 Å². The van der Waals surface area contributed by atoms with Crippen LogP contribution in [0.1, 0.15) is 0 Å². The number of amides is 1. The summed E-state index contributed by atoms with van der Waals surface area (Å²) in [7, 11) is 1.34. The van der Waals surface area contributed by atoms with E-state index in [0.717, 1.165) is 13.1 Å². The second kappa shape index (κ2) is 6.27. The van der Waals surface area contributed by atoms with Crippen molar-refractivity contribution in [1.29, 1.82) is 0 Å². The van der Waals surface area contributed by atoms with Gasteiger partial charge in [-0.1, -0.05) is 5.92 Å². The summed E-state index contributed by atoms with van der Waals surface area (Å²) in [5.41, 5.74) is 0. The van der Waals surface area contributed by atoms with E-state index in [4.69, 9.17) is 11.2 Å². The highest BCUT2D eigenvalue weighted by atomic mass is 16.5. The first kappa shape index (κ1) is 11.8. The van der Waals surface area contributed by atoms with Crippen LogP contribution in [-0.4, -0.2) is 57.0 Å². The van der Waals surface area contributed by atoms with Gasteiger partial charge in [0.15, 0.2) is 0 Å². The minimum Gasteiger partial charge on any atom is -0.453 e. The van der Waals surface area contributed by atoms with Gasteiger partial charge < -0.3 is 14.8 Å². The molecule has 15 heavy (non-hydrogen) atoms. The van der Waals surface area contributed by atoms with E-state index in [9.17, 15) is 4.79 Å². The lowest BCUT2D eigenvalue weighted by molar-refractivity contribution is -0.0221. The Morgan fingerprint density at radius 1 is 1.80 bits per heavy atom. The van der Waals surface area contributed by atoms with Gasteiger partial charge in [-0.3, -0.25) is 4.90 Å². The Bertz CT molecular complexity index is 250. The molecule has 1 fully saturated rings. The zero-order valence-corrected chi connectivity index (χ0v) is 8.86. The van der Waals surface area contributed by atoms with Crippen molar-refractivity contribution in [2.24, 2.45) is 0 Å². The quantitative estimate of drug-likeness (QED) is 0.651. The Hall–Kier alpha value is -1.25. The molecular formula is C10H16N2O3. The smallest absolute Gasteiger partial charge is 0.406 e. The summed E-state index contributed by atoms with van der Waals surface area (Å²) in [6.07, 6.45) is 4.78. The van der Waals surface area contributed by atoms with Gasteiger partial charge in [0.2, 0.25) is 0 Å². The minimum atomic E-state index is -0.437. The van der Waals surface area contributed by atoms with Crippen LogP contribution >= 0.6 is 0 Å². The average Bonchev–Trinajstić information content (AvgIpc) is 2.27. The van der Waals surface area contributed by atoms with Gasteiger partial charge in [0.05, 0.1) is 26.4 Å².